The molecule has 0 aliphatic heterocycles. The minimum absolute atomic E-state index is 0.279. The van der Waals surface area contributed by atoms with E-state index in [2.05, 4.69) is 30.7 Å². The third-order valence-electron chi connectivity index (χ3n) is 6.13. The third-order valence-corrected chi connectivity index (χ3v) is 6.13. The van der Waals surface area contributed by atoms with Gasteiger partial charge in [0.2, 0.25) is 5.82 Å². The Labute approximate surface area is 190 Å². The van der Waals surface area contributed by atoms with Gasteiger partial charge >= 0.3 is 0 Å². The molecule has 170 valence electrons. The van der Waals surface area contributed by atoms with Crippen molar-refractivity contribution in [1.82, 2.24) is 29.9 Å². The summed E-state index contributed by atoms with van der Waals surface area (Å²) in [6.45, 7) is 1.29. The summed E-state index contributed by atoms with van der Waals surface area (Å²) >= 11 is 0. The van der Waals surface area contributed by atoms with Gasteiger partial charge in [-0.25, -0.2) is 13.9 Å². The Morgan fingerprint density at radius 2 is 2.00 bits per heavy atom. The van der Waals surface area contributed by atoms with E-state index in [0.717, 1.165) is 49.4 Å². The maximum absolute atomic E-state index is 14.3. The van der Waals surface area contributed by atoms with Gasteiger partial charge in [0.15, 0.2) is 11.6 Å². The molecule has 4 aromatic heterocycles. The Bertz CT molecular complexity index is 1240. The lowest BCUT2D eigenvalue weighted by molar-refractivity contribution is 0.0391. The molecule has 0 atom stereocenters. The molecular formula is C24H26FN7O. The minimum Gasteiger partial charge on any atom is -0.390 e. The van der Waals surface area contributed by atoms with E-state index < -0.39 is 11.4 Å². The highest BCUT2D eigenvalue weighted by atomic mass is 19.1. The molecule has 0 saturated heterocycles. The Kier molecular flexibility index (Phi) is 5.97. The van der Waals surface area contributed by atoms with Gasteiger partial charge in [0.25, 0.3) is 0 Å². The van der Waals surface area contributed by atoms with Crippen molar-refractivity contribution in [3.63, 3.8) is 0 Å². The lowest BCUT2D eigenvalue weighted by atomic mass is 9.98. The molecule has 0 bridgehead atoms. The van der Waals surface area contributed by atoms with E-state index in [9.17, 15) is 9.50 Å². The fraction of sp³-hybridized carbons (Fsp3) is 0.333. The second-order valence-electron chi connectivity index (χ2n) is 8.47. The molecule has 0 unspecified atom stereocenters. The van der Waals surface area contributed by atoms with Gasteiger partial charge < -0.3 is 15.7 Å². The van der Waals surface area contributed by atoms with Crippen LogP contribution in [-0.4, -0.2) is 41.8 Å². The van der Waals surface area contributed by atoms with Crippen molar-refractivity contribution < 1.29 is 9.50 Å². The number of aliphatic hydroxyl groups is 1. The highest BCUT2D eigenvalue weighted by Crippen LogP contribution is 2.32. The number of hydrogen-bond acceptors (Lipinski definition) is 7. The molecule has 0 aromatic carbocycles. The first-order chi connectivity index (χ1) is 16.1. The van der Waals surface area contributed by atoms with Crippen LogP contribution in [0.4, 0.5) is 15.9 Å². The highest BCUT2D eigenvalue weighted by Gasteiger charge is 2.30. The molecule has 8 nitrogen and oxygen atoms in total. The first-order valence-corrected chi connectivity index (χ1v) is 11.2. The minimum atomic E-state index is -0.540. The summed E-state index contributed by atoms with van der Waals surface area (Å²) in [5.41, 5.74) is 2.08. The van der Waals surface area contributed by atoms with Crippen LogP contribution >= 0.6 is 0 Å². The number of anilines is 2. The number of rotatable bonds is 8. The molecule has 33 heavy (non-hydrogen) atoms. The van der Waals surface area contributed by atoms with Crippen molar-refractivity contribution >= 4 is 17.0 Å². The first-order valence-electron chi connectivity index (χ1n) is 11.2. The molecule has 4 heterocycles. The molecule has 0 amide bonds. The molecule has 1 saturated carbocycles. The van der Waals surface area contributed by atoms with Gasteiger partial charge in [-0.05, 0) is 55.6 Å². The molecule has 5 rings (SSSR count). The number of pyridine rings is 2. The number of hydrogen-bond donors (Lipinski definition) is 3. The SMILES string of the molecule is OC1(CCNCc2ccn3nc(-c4ccccn4)nc(Nc4ccncc4F)c23)CCCC1. The zero-order chi connectivity index (χ0) is 22.7. The topological polar surface area (TPSA) is 100 Å². The van der Waals surface area contributed by atoms with Crippen LogP contribution in [0, 0.1) is 5.82 Å². The molecular weight excluding hydrogens is 421 g/mol. The number of aromatic nitrogens is 5. The van der Waals surface area contributed by atoms with Crippen molar-refractivity contribution in [2.75, 3.05) is 11.9 Å². The highest BCUT2D eigenvalue weighted by molar-refractivity contribution is 5.78. The lowest BCUT2D eigenvalue weighted by Gasteiger charge is -2.22. The van der Waals surface area contributed by atoms with E-state index >= 15 is 0 Å². The Hall–Kier alpha value is -3.43. The normalized spacial score (nSPS) is 15.2. The van der Waals surface area contributed by atoms with Crippen molar-refractivity contribution in [2.24, 2.45) is 0 Å². The predicted molar refractivity (Wildman–Crippen MR) is 123 cm³/mol. The summed E-state index contributed by atoms with van der Waals surface area (Å²) in [4.78, 5) is 12.8. The maximum atomic E-state index is 14.3. The fourth-order valence-corrected chi connectivity index (χ4v) is 4.35. The van der Waals surface area contributed by atoms with Gasteiger partial charge in [0.1, 0.15) is 11.2 Å². The fourth-order valence-electron chi connectivity index (χ4n) is 4.35. The van der Waals surface area contributed by atoms with E-state index in [1.807, 2.05) is 30.5 Å². The molecule has 1 aliphatic carbocycles. The monoisotopic (exact) mass is 447 g/mol. The molecule has 1 aliphatic rings. The van der Waals surface area contributed by atoms with Gasteiger partial charge in [-0.2, -0.15) is 0 Å². The third kappa shape index (κ3) is 4.69. The summed E-state index contributed by atoms with van der Waals surface area (Å²) < 4.78 is 16.1. The van der Waals surface area contributed by atoms with Crippen LogP contribution in [0.25, 0.3) is 17.0 Å². The number of nitrogens with zero attached hydrogens (tertiary/aromatic N) is 5. The average molecular weight is 448 g/mol. The van der Waals surface area contributed by atoms with E-state index in [1.54, 1.807) is 16.8 Å². The largest absolute Gasteiger partial charge is 0.390 e. The van der Waals surface area contributed by atoms with Gasteiger partial charge in [-0.1, -0.05) is 18.9 Å². The second kappa shape index (κ2) is 9.21. The maximum Gasteiger partial charge on any atom is 0.200 e. The Morgan fingerprint density at radius 1 is 1.12 bits per heavy atom. The predicted octanol–water partition coefficient (Wildman–Crippen LogP) is 3.85. The zero-order valence-electron chi connectivity index (χ0n) is 18.2. The van der Waals surface area contributed by atoms with Gasteiger partial charge in [0, 0.05) is 25.1 Å². The smallest absolute Gasteiger partial charge is 0.200 e. The van der Waals surface area contributed by atoms with E-state index in [1.165, 1.54) is 6.20 Å². The quantitative estimate of drug-likeness (QED) is 0.353. The summed E-state index contributed by atoms with van der Waals surface area (Å²) in [6.07, 6.45) is 10.9. The second-order valence-corrected chi connectivity index (χ2v) is 8.47. The van der Waals surface area contributed by atoms with E-state index in [4.69, 9.17) is 0 Å². The van der Waals surface area contributed by atoms with E-state index in [-0.39, 0.29) is 5.69 Å². The van der Waals surface area contributed by atoms with Crippen LogP contribution in [0.3, 0.4) is 0 Å². The van der Waals surface area contributed by atoms with Crippen LogP contribution in [-0.2, 0) is 6.54 Å². The van der Waals surface area contributed by atoms with Crippen LogP contribution in [0.5, 0.6) is 0 Å². The molecule has 4 aromatic rings. The Balaban J connectivity index is 1.44. The summed E-state index contributed by atoms with van der Waals surface area (Å²) in [6, 6.07) is 9.07. The van der Waals surface area contributed by atoms with Crippen molar-refractivity contribution in [3.05, 3.63) is 66.5 Å². The van der Waals surface area contributed by atoms with E-state index in [0.29, 0.717) is 30.4 Å². The number of halogens is 1. The van der Waals surface area contributed by atoms with Crippen LogP contribution in [0.2, 0.25) is 0 Å². The molecule has 0 radical (unpaired) electrons. The summed E-state index contributed by atoms with van der Waals surface area (Å²) in [5, 5.41) is 21.7. The summed E-state index contributed by atoms with van der Waals surface area (Å²) in [7, 11) is 0. The summed E-state index contributed by atoms with van der Waals surface area (Å²) in [5.74, 6) is 0.440. The number of nitrogens with one attached hydrogen (secondary N) is 2. The molecule has 3 N–H and O–H groups in total. The van der Waals surface area contributed by atoms with Crippen LogP contribution < -0.4 is 10.6 Å². The van der Waals surface area contributed by atoms with Crippen LogP contribution in [0.15, 0.2) is 55.1 Å². The van der Waals surface area contributed by atoms with Gasteiger partial charge in [0.05, 0.1) is 17.5 Å². The van der Waals surface area contributed by atoms with Gasteiger partial charge in [-0.3, -0.25) is 9.97 Å². The zero-order valence-corrected chi connectivity index (χ0v) is 18.2. The molecule has 9 heteroatoms. The average Bonchev–Trinajstić information content (AvgIpc) is 3.45. The van der Waals surface area contributed by atoms with Crippen molar-refractivity contribution in [3.8, 4) is 11.5 Å². The molecule has 0 spiro atoms. The van der Waals surface area contributed by atoms with Crippen LogP contribution in [0.1, 0.15) is 37.7 Å². The van der Waals surface area contributed by atoms with Crippen molar-refractivity contribution in [2.45, 2.75) is 44.2 Å². The van der Waals surface area contributed by atoms with Gasteiger partial charge in [-0.15, -0.1) is 5.10 Å². The first kappa shape index (κ1) is 21.4. The standard InChI is InChI=1S/C24H26FN7O/c25-18-16-26-12-6-19(18)29-23-21-17(15-27-13-10-24(33)8-2-3-9-24)7-14-32(21)31-22(30-23)20-5-1-4-11-28-20/h1,4-7,11-12,14,16,27,33H,2-3,8-10,13,15H2,(H,26,29,30,31). The van der Waals surface area contributed by atoms with Crippen molar-refractivity contribution in [1.29, 1.82) is 0 Å². The molecule has 1 fully saturated rings. The number of fused-ring (bicyclic) bond motifs is 1. The Morgan fingerprint density at radius 3 is 2.79 bits per heavy atom. The lowest BCUT2D eigenvalue weighted by Crippen LogP contribution is -2.29.